The van der Waals surface area contributed by atoms with E-state index < -0.39 is 35.6 Å². The summed E-state index contributed by atoms with van der Waals surface area (Å²) >= 11 is 0. The zero-order valence-electron chi connectivity index (χ0n) is 23.2. The van der Waals surface area contributed by atoms with Crippen LogP contribution in [-0.4, -0.2) is 46.4 Å². The van der Waals surface area contributed by atoms with Crippen LogP contribution >= 0.6 is 0 Å². The number of ether oxygens (including phenoxy) is 1. The fourth-order valence-electron chi connectivity index (χ4n) is 4.30. The zero-order chi connectivity index (χ0) is 28.6. The van der Waals surface area contributed by atoms with Crippen molar-refractivity contribution in [2.45, 2.75) is 90.1 Å². The minimum atomic E-state index is -1.09. The summed E-state index contributed by atoms with van der Waals surface area (Å²) in [5.41, 5.74) is 7.30. The third-order valence-corrected chi connectivity index (χ3v) is 6.40. The molecule has 1 aliphatic rings. The summed E-state index contributed by atoms with van der Waals surface area (Å²) < 4.78 is 5.37. The predicted octanol–water partition coefficient (Wildman–Crippen LogP) is 3.76. The molecule has 1 fully saturated rings. The lowest BCUT2D eigenvalue weighted by atomic mass is 9.99. The van der Waals surface area contributed by atoms with Gasteiger partial charge in [-0.15, -0.1) is 0 Å². The van der Waals surface area contributed by atoms with Crippen molar-refractivity contribution in [2.24, 2.45) is 5.73 Å². The first-order chi connectivity index (χ1) is 18.5. The molecule has 0 aromatic heterocycles. The highest BCUT2D eigenvalue weighted by atomic mass is 16.6. The van der Waals surface area contributed by atoms with E-state index in [1.807, 2.05) is 61.5 Å². The highest BCUT2D eigenvalue weighted by Gasteiger charge is 2.44. The fourth-order valence-corrected chi connectivity index (χ4v) is 4.30. The number of carbonyl (C=O) groups is 4. The molecule has 2 atom stereocenters. The Morgan fingerprint density at radius 2 is 1.64 bits per heavy atom. The van der Waals surface area contributed by atoms with E-state index in [9.17, 15) is 19.2 Å². The van der Waals surface area contributed by atoms with Gasteiger partial charge in [-0.25, -0.2) is 4.79 Å². The number of aryl methyl sites for hydroxylation is 1. The highest BCUT2D eigenvalue weighted by molar-refractivity contribution is 5.93. The molecule has 4 amide bonds. The molecular weight excluding hydrogens is 496 g/mol. The van der Waals surface area contributed by atoms with Crippen LogP contribution in [0.2, 0.25) is 0 Å². The number of alkyl carbamates (subject to hydrolysis) is 1. The molecule has 210 valence electrons. The minimum absolute atomic E-state index is 0.0102. The SMILES string of the molecule is CCc1ccc(C(C(=O)NCc2ccccc2)N(C(=O)C(CCC(N)=O)NC(=O)OC(C)(C)C)C2CC2)cc1. The van der Waals surface area contributed by atoms with Crippen molar-refractivity contribution in [3.05, 3.63) is 71.3 Å². The van der Waals surface area contributed by atoms with Gasteiger partial charge in [0, 0.05) is 19.0 Å². The highest BCUT2D eigenvalue weighted by Crippen LogP contribution is 2.36. The number of benzene rings is 2. The molecule has 0 bridgehead atoms. The van der Waals surface area contributed by atoms with Crippen molar-refractivity contribution in [3.63, 3.8) is 0 Å². The second-order valence-corrected chi connectivity index (χ2v) is 10.9. The van der Waals surface area contributed by atoms with E-state index in [-0.39, 0.29) is 24.8 Å². The van der Waals surface area contributed by atoms with E-state index in [0.29, 0.717) is 12.1 Å². The van der Waals surface area contributed by atoms with E-state index in [1.165, 1.54) is 0 Å². The maximum absolute atomic E-state index is 14.1. The monoisotopic (exact) mass is 536 g/mol. The lowest BCUT2D eigenvalue weighted by Gasteiger charge is -2.34. The van der Waals surface area contributed by atoms with Crippen LogP contribution in [-0.2, 0) is 32.1 Å². The van der Waals surface area contributed by atoms with Crippen LogP contribution in [0.5, 0.6) is 0 Å². The van der Waals surface area contributed by atoms with Gasteiger partial charge in [0.25, 0.3) is 0 Å². The lowest BCUT2D eigenvalue weighted by Crippen LogP contribution is -2.54. The van der Waals surface area contributed by atoms with Crippen LogP contribution in [0.4, 0.5) is 4.79 Å². The van der Waals surface area contributed by atoms with Gasteiger partial charge in [0.1, 0.15) is 17.7 Å². The second kappa shape index (κ2) is 13.3. The Hall–Kier alpha value is -3.88. The van der Waals surface area contributed by atoms with Crippen LogP contribution < -0.4 is 16.4 Å². The average molecular weight is 537 g/mol. The van der Waals surface area contributed by atoms with Crippen LogP contribution in [0.1, 0.15) is 76.1 Å². The molecule has 0 radical (unpaired) electrons. The smallest absolute Gasteiger partial charge is 0.408 e. The number of nitrogens with one attached hydrogen (secondary N) is 2. The molecule has 1 saturated carbocycles. The second-order valence-electron chi connectivity index (χ2n) is 10.9. The van der Waals surface area contributed by atoms with E-state index >= 15 is 0 Å². The first kappa shape index (κ1) is 29.7. The molecule has 2 aromatic carbocycles. The summed E-state index contributed by atoms with van der Waals surface area (Å²) in [6.07, 6.45) is 1.40. The van der Waals surface area contributed by atoms with Gasteiger partial charge in [0.05, 0.1) is 0 Å². The maximum atomic E-state index is 14.1. The normalized spacial score (nSPS) is 14.6. The van der Waals surface area contributed by atoms with Crippen LogP contribution in [0.3, 0.4) is 0 Å². The third-order valence-electron chi connectivity index (χ3n) is 6.40. The number of primary amides is 1. The van der Waals surface area contributed by atoms with Crippen molar-refractivity contribution in [1.29, 1.82) is 0 Å². The molecule has 1 aliphatic carbocycles. The molecule has 0 saturated heterocycles. The summed E-state index contributed by atoms with van der Waals surface area (Å²) in [4.78, 5) is 53.6. The van der Waals surface area contributed by atoms with Crippen molar-refractivity contribution in [2.75, 3.05) is 0 Å². The number of nitrogens with zero attached hydrogens (tertiary/aromatic N) is 1. The molecule has 0 aliphatic heterocycles. The van der Waals surface area contributed by atoms with Crippen LogP contribution in [0.15, 0.2) is 54.6 Å². The Morgan fingerprint density at radius 1 is 1.00 bits per heavy atom. The minimum Gasteiger partial charge on any atom is -0.444 e. The fraction of sp³-hybridized carbons (Fsp3) is 0.467. The van der Waals surface area contributed by atoms with Crippen molar-refractivity contribution >= 4 is 23.8 Å². The lowest BCUT2D eigenvalue weighted by molar-refractivity contribution is -0.143. The van der Waals surface area contributed by atoms with Crippen molar-refractivity contribution in [3.8, 4) is 0 Å². The largest absolute Gasteiger partial charge is 0.444 e. The van der Waals surface area contributed by atoms with Crippen LogP contribution in [0, 0.1) is 0 Å². The Labute approximate surface area is 230 Å². The summed E-state index contributed by atoms with van der Waals surface area (Å²) in [7, 11) is 0. The van der Waals surface area contributed by atoms with Crippen molar-refractivity contribution < 1.29 is 23.9 Å². The predicted molar refractivity (Wildman–Crippen MR) is 148 cm³/mol. The van der Waals surface area contributed by atoms with Gasteiger partial charge < -0.3 is 26.0 Å². The molecule has 2 unspecified atom stereocenters. The van der Waals surface area contributed by atoms with Gasteiger partial charge in [-0.1, -0.05) is 61.5 Å². The quantitative estimate of drug-likeness (QED) is 0.380. The van der Waals surface area contributed by atoms with Gasteiger partial charge in [-0.2, -0.15) is 0 Å². The molecule has 2 aromatic rings. The number of hydrogen-bond acceptors (Lipinski definition) is 5. The van der Waals surface area contributed by atoms with Gasteiger partial charge in [0.2, 0.25) is 17.7 Å². The Morgan fingerprint density at radius 3 is 2.18 bits per heavy atom. The Kier molecular flexibility index (Phi) is 10.1. The summed E-state index contributed by atoms with van der Waals surface area (Å²) in [5, 5.41) is 5.61. The molecule has 4 N–H and O–H groups in total. The maximum Gasteiger partial charge on any atom is 0.408 e. The summed E-state index contributed by atoms with van der Waals surface area (Å²) in [6, 6.07) is 15.0. The van der Waals surface area contributed by atoms with E-state index in [4.69, 9.17) is 10.5 Å². The number of hydrogen-bond donors (Lipinski definition) is 3. The average Bonchev–Trinajstić information content (AvgIpc) is 3.72. The Balaban J connectivity index is 1.94. The third kappa shape index (κ3) is 9.12. The van der Waals surface area contributed by atoms with E-state index in [2.05, 4.69) is 10.6 Å². The molecule has 0 heterocycles. The van der Waals surface area contributed by atoms with Gasteiger partial charge in [0.15, 0.2) is 0 Å². The molecule has 0 spiro atoms. The molecule has 9 nitrogen and oxygen atoms in total. The van der Waals surface area contributed by atoms with E-state index in [0.717, 1.165) is 30.4 Å². The van der Waals surface area contributed by atoms with Crippen molar-refractivity contribution in [1.82, 2.24) is 15.5 Å². The molecule has 3 rings (SSSR count). The zero-order valence-corrected chi connectivity index (χ0v) is 23.2. The van der Waals surface area contributed by atoms with Crippen LogP contribution in [0.25, 0.3) is 0 Å². The number of nitrogens with two attached hydrogens (primary N) is 1. The molecule has 9 heteroatoms. The summed E-state index contributed by atoms with van der Waals surface area (Å²) in [6.45, 7) is 7.51. The summed E-state index contributed by atoms with van der Waals surface area (Å²) in [5.74, 6) is -1.37. The Bertz CT molecular complexity index is 1140. The first-order valence-electron chi connectivity index (χ1n) is 13.5. The molecular formula is C30H40N4O5. The first-order valence-corrected chi connectivity index (χ1v) is 13.5. The number of amides is 4. The standard InChI is InChI=1S/C30H40N4O5/c1-5-20-11-13-22(14-12-20)26(27(36)32-19-21-9-7-6-8-10-21)34(23-15-16-23)28(37)24(17-18-25(31)35)33-29(38)39-30(2,3)4/h6-14,23-24,26H,5,15-19H2,1-4H3,(H2,31,35)(H,32,36)(H,33,38). The van der Waals surface area contributed by atoms with Gasteiger partial charge in [-0.3, -0.25) is 14.4 Å². The molecule has 39 heavy (non-hydrogen) atoms. The topological polar surface area (TPSA) is 131 Å². The van der Waals surface area contributed by atoms with Gasteiger partial charge >= 0.3 is 6.09 Å². The number of rotatable bonds is 12. The van der Waals surface area contributed by atoms with E-state index in [1.54, 1.807) is 25.7 Å². The van der Waals surface area contributed by atoms with Gasteiger partial charge in [-0.05, 0) is 63.1 Å². The number of carbonyl (C=O) groups excluding carboxylic acids is 4.